The Balaban J connectivity index is 2.80. The molecule has 0 saturated carbocycles. The molecule has 74 valence electrons. The van der Waals surface area contributed by atoms with Crippen LogP contribution in [0.2, 0.25) is 0 Å². The van der Waals surface area contributed by atoms with E-state index in [2.05, 4.69) is 11.8 Å². The summed E-state index contributed by atoms with van der Waals surface area (Å²) in [6.45, 7) is 1.65. The van der Waals surface area contributed by atoms with Gasteiger partial charge in [-0.05, 0) is 31.2 Å². The molecule has 2 heteroatoms. The van der Waals surface area contributed by atoms with Crippen LogP contribution in [-0.2, 0) is 0 Å². The van der Waals surface area contributed by atoms with Crippen LogP contribution in [-0.4, -0.2) is 25.3 Å². The van der Waals surface area contributed by atoms with Crippen LogP contribution in [0.25, 0.3) is 0 Å². The Kier molecular flexibility index (Phi) is 3.55. The second-order valence-electron chi connectivity index (χ2n) is 3.39. The Hall–Kier alpha value is -1.46. The number of aliphatic hydroxyl groups excluding tert-OH is 1. The van der Waals surface area contributed by atoms with Gasteiger partial charge in [0.1, 0.15) is 6.10 Å². The van der Waals surface area contributed by atoms with Crippen LogP contribution in [0.4, 0.5) is 5.69 Å². The summed E-state index contributed by atoms with van der Waals surface area (Å²) in [5, 5.41) is 8.97. The van der Waals surface area contributed by atoms with E-state index in [1.807, 2.05) is 43.3 Å². The molecule has 1 atom stereocenters. The molecule has 0 saturated heterocycles. The third-order valence-electron chi connectivity index (χ3n) is 1.81. The summed E-state index contributed by atoms with van der Waals surface area (Å²) in [5.74, 6) is 5.59. The first-order valence-corrected chi connectivity index (χ1v) is 4.56. The van der Waals surface area contributed by atoms with E-state index in [0.717, 1.165) is 11.3 Å². The average Bonchev–Trinajstić information content (AvgIpc) is 2.15. The highest BCUT2D eigenvalue weighted by molar-refractivity contribution is 5.49. The number of rotatable bonds is 1. The standard InChI is InChI=1S/C12H15NO/c1-10(14)4-5-11-6-8-12(9-7-11)13(2)3/h6-10,14H,1-3H3. The summed E-state index contributed by atoms with van der Waals surface area (Å²) >= 11 is 0. The monoisotopic (exact) mass is 189 g/mol. The van der Waals surface area contributed by atoms with E-state index < -0.39 is 6.10 Å². The molecule has 2 nitrogen and oxygen atoms in total. The van der Waals surface area contributed by atoms with Gasteiger partial charge in [-0.2, -0.15) is 0 Å². The summed E-state index contributed by atoms with van der Waals surface area (Å²) in [7, 11) is 3.99. The Morgan fingerprint density at radius 3 is 2.21 bits per heavy atom. The first-order valence-electron chi connectivity index (χ1n) is 4.56. The average molecular weight is 189 g/mol. The van der Waals surface area contributed by atoms with Gasteiger partial charge < -0.3 is 10.0 Å². The molecule has 0 radical (unpaired) electrons. The highest BCUT2D eigenvalue weighted by atomic mass is 16.3. The minimum absolute atomic E-state index is 0.566. The number of anilines is 1. The Labute approximate surface area is 85.2 Å². The molecule has 1 aromatic carbocycles. The van der Waals surface area contributed by atoms with Gasteiger partial charge in [-0.1, -0.05) is 11.8 Å². The van der Waals surface area contributed by atoms with Crippen molar-refractivity contribution < 1.29 is 5.11 Å². The quantitative estimate of drug-likeness (QED) is 0.676. The van der Waals surface area contributed by atoms with Gasteiger partial charge in [-0.3, -0.25) is 0 Å². The van der Waals surface area contributed by atoms with Gasteiger partial charge in [-0.15, -0.1) is 0 Å². The largest absolute Gasteiger partial charge is 0.381 e. The summed E-state index contributed by atoms with van der Waals surface area (Å²) in [6.07, 6.45) is -0.566. The van der Waals surface area contributed by atoms with Crippen LogP contribution < -0.4 is 4.90 Å². The Morgan fingerprint density at radius 1 is 1.21 bits per heavy atom. The molecular weight excluding hydrogens is 174 g/mol. The number of nitrogens with zero attached hydrogens (tertiary/aromatic N) is 1. The van der Waals surface area contributed by atoms with Crippen molar-refractivity contribution in [3.05, 3.63) is 29.8 Å². The lowest BCUT2D eigenvalue weighted by Crippen LogP contribution is -2.07. The van der Waals surface area contributed by atoms with Crippen molar-refractivity contribution in [2.75, 3.05) is 19.0 Å². The maximum atomic E-state index is 8.97. The van der Waals surface area contributed by atoms with Crippen molar-refractivity contribution in [2.24, 2.45) is 0 Å². The summed E-state index contributed by atoms with van der Waals surface area (Å²) in [6, 6.07) is 7.91. The fourth-order valence-corrected chi connectivity index (χ4v) is 1.03. The first kappa shape index (κ1) is 10.6. The van der Waals surface area contributed by atoms with Crippen molar-refractivity contribution in [1.82, 2.24) is 0 Å². The zero-order valence-corrected chi connectivity index (χ0v) is 8.78. The maximum absolute atomic E-state index is 8.97. The molecule has 0 aliphatic rings. The van der Waals surface area contributed by atoms with Crippen LogP contribution >= 0.6 is 0 Å². The van der Waals surface area contributed by atoms with Gasteiger partial charge in [0.15, 0.2) is 0 Å². The molecule has 0 spiro atoms. The zero-order chi connectivity index (χ0) is 10.6. The number of hydrogen-bond acceptors (Lipinski definition) is 2. The van der Waals surface area contributed by atoms with Gasteiger partial charge in [-0.25, -0.2) is 0 Å². The highest BCUT2D eigenvalue weighted by Gasteiger charge is 1.93. The minimum atomic E-state index is -0.566. The van der Waals surface area contributed by atoms with Crippen molar-refractivity contribution in [3.8, 4) is 11.8 Å². The summed E-state index contributed by atoms with van der Waals surface area (Å²) in [5.41, 5.74) is 2.07. The molecule has 0 heterocycles. The number of hydrogen-bond donors (Lipinski definition) is 1. The fraction of sp³-hybridized carbons (Fsp3) is 0.333. The lowest BCUT2D eigenvalue weighted by atomic mass is 10.2. The van der Waals surface area contributed by atoms with E-state index in [1.165, 1.54) is 0 Å². The lowest BCUT2D eigenvalue weighted by molar-refractivity contribution is 0.253. The summed E-state index contributed by atoms with van der Waals surface area (Å²) < 4.78 is 0. The normalized spacial score (nSPS) is 11.4. The zero-order valence-electron chi connectivity index (χ0n) is 8.78. The van der Waals surface area contributed by atoms with Crippen LogP contribution in [0.15, 0.2) is 24.3 Å². The van der Waals surface area contributed by atoms with E-state index >= 15 is 0 Å². The third kappa shape index (κ3) is 3.12. The Morgan fingerprint density at radius 2 is 1.79 bits per heavy atom. The van der Waals surface area contributed by atoms with E-state index in [0.29, 0.717) is 0 Å². The topological polar surface area (TPSA) is 23.5 Å². The second kappa shape index (κ2) is 4.69. The third-order valence-corrected chi connectivity index (χ3v) is 1.81. The summed E-state index contributed by atoms with van der Waals surface area (Å²) in [4.78, 5) is 2.03. The van der Waals surface area contributed by atoms with Crippen molar-refractivity contribution in [2.45, 2.75) is 13.0 Å². The molecule has 0 aliphatic carbocycles. The van der Waals surface area contributed by atoms with Crippen LogP contribution in [0, 0.1) is 11.8 Å². The predicted octanol–water partition coefficient (Wildman–Crippen LogP) is 1.48. The first-order chi connectivity index (χ1) is 6.59. The second-order valence-corrected chi connectivity index (χ2v) is 3.39. The molecule has 0 fully saturated rings. The van der Waals surface area contributed by atoms with Gasteiger partial charge >= 0.3 is 0 Å². The van der Waals surface area contributed by atoms with Gasteiger partial charge in [0.25, 0.3) is 0 Å². The smallest absolute Gasteiger partial charge is 0.112 e. The van der Waals surface area contributed by atoms with Gasteiger partial charge in [0, 0.05) is 25.3 Å². The molecular formula is C12H15NO. The SMILES string of the molecule is CC(O)C#Cc1ccc(N(C)C)cc1. The predicted molar refractivity (Wildman–Crippen MR) is 59.3 cm³/mol. The lowest BCUT2D eigenvalue weighted by Gasteiger charge is -2.11. The number of aliphatic hydroxyl groups is 1. The maximum Gasteiger partial charge on any atom is 0.112 e. The van der Waals surface area contributed by atoms with Crippen molar-refractivity contribution in [3.63, 3.8) is 0 Å². The van der Waals surface area contributed by atoms with E-state index in [1.54, 1.807) is 6.92 Å². The molecule has 14 heavy (non-hydrogen) atoms. The molecule has 0 bridgehead atoms. The van der Waals surface area contributed by atoms with Gasteiger partial charge in [0.05, 0.1) is 0 Å². The molecule has 0 aliphatic heterocycles. The Bertz CT molecular complexity index is 341. The van der Waals surface area contributed by atoms with E-state index in [9.17, 15) is 0 Å². The molecule has 1 unspecified atom stereocenters. The fourth-order valence-electron chi connectivity index (χ4n) is 1.03. The van der Waals surface area contributed by atoms with Crippen molar-refractivity contribution >= 4 is 5.69 Å². The van der Waals surface area contributed by atoms with E-state index in [4.69, 9.17) is 5.11 Å². The van der Waals surface area contributed by atoms with E-state index in [-0.39, 0.29) is 0 Å². The van der Waals surface area contributed by atoms with Gasteiger partial charge in [0.2, 0.25) is 0 Å². The van der Waals surface area contributed by atoms with Crippen LogP contribution in [0.5, 0.6) is 0 Å². The molecule has 1 aromatic rings. The molecule has 1 N–H and O–H groups in total. The van der Waals surface area contributed by atoms with Crippen molar-refractivity contribution in [1.29, 1.82) is 0 Å². The minimum Gasteiger partial charge on any atom is -0.381 e. The van der Waals surface area contributed by atoms with Crippen LogP contribution in [0.3, 0.4) is 0 Å². The molecule has 0 aromatic heterocycles. The number of benzene rings is 1. The molecule has 0 amide bonds. The molecule has 1 rings (SSSR count). The van der Waals surface area contributed by atoms with Crippen LogP contribution in [0.1, 0.15) is 12.5 Å². The highest BCUT2D eigenvalue weighted by Crippen LogP contribution is 2.11.